The van der Waals surface area contributed by atoms with Crippen molar-refractivity contribution < 1.29 is 0 Å². The van der Waals surface area contributed by atoms with Crippen LogP contribution in [0.2, 0.25) is 0 Å². The number of hydrogen-bond acceptors (Lipinski definition) is 5. The molecule has 266 valence electrons. The van der Waals surface area contributed by atoms with Crippen LogP contribution >= 0.6 is 22.7 Å². The van der Waals surface area contributed by atoms with Crippen molar-refractivity contribution in [2.45, 2.75) is 0 Å². The van der Waals surface area contributed by atoms with Gasteiger partial charge in [0.15, 0.2) is 17.5 Å². The molecule has 12 rings (SSSR count). The van der Waals surface area contributed by atoms with Gasteiger partial charge < -0.3 is 4.57 Å². The lowest BCUT2D eigenvalue weighted by Crippen LogP contribution is -1.99. The summed E-state index contributed by atoms with van der Waals surface area (Å²) in [6.07, 6.45) is 0. The van der Waals surface area contributed by atoms with Crippen LogP contribution in [0.25, 0.3) is 113 Å². The molecule has 4 heterocycles. The van der Waals surface area contributed by atoms with E-state index in [0.717, 1.165) is 16.7 Å². The molecule has 0 radical (unpaired) electrons. The third-order valence-corrected chi connectivity index (χ3v) is 13.3. The molecule has 4 nitrogen and oxygen atoms in total. The molecule has 0 bridgehead atoms. The van der Waals surface area contributed by atoms with Gasteiger partial charge in [0.05, 0.1) is 16.7 Å². The standard InChI is InChI=1S/C51H30N4S2/c1-3-13-31(14-4-1)49-52-50(32-15-5-2-6-16-32)54-51(53-49)34-26-28-38-46(30-34)56-43-23-11-19-35(47(38)43)33-25-27-39-45(29-33)57-44-24-12-22-42(48(39)44)55-40-20-9-7-17-36(40)37-18-8-10-21-41(37)55/h1-30H. The zero-order valence-electron chi connectivity index (χ0n) is 30.4. The van der Waals surface area contributed by atoms with E-state index >= 15 is 0 Å². The molecule has 0 fully saturated rings. The van der Waals surface area contributed by atoms with Crippen LogP contribution in [-0.2, 0) is 0 Å². The van der Waals surface area contributed by atoms with Gasteiger partial charge in [-0.3, -0.25) is 0 Å². The minimum absolute atomic E-state index is 0.664. The molecule has 0 atom stereocenters. The molecule has 57 heavy (non-hydrogen) atoms. The summed E-state index contributed by atoms with van der Waals surface area (Å²) in [5.41, 5.74) is 9.03. The molecule has 0 aliphatic heterocycles. The van der Waals surface area contributed by atoms with Crippen LogP contribution < -0.4 is 0 Å². The van der Waals surface area contributed by atoms with Crippen molar-refractivity contribution in [2.75, 3.05) is 0 Å². The fourth-order valence-electron chi connectivity index (χ4n) is 8.49. The van der Waals surface area contributed by atoms with Crippen LogP contribution in [-0.4, -0.2) is 19.5 Å². The highest BCUT2D eigenvalue weighted by Gasteiger charge is 2.19. The van der Waals surface area contributed by atoms with E-state index in [1.807, 2.05) is 83.3 Å². The molecule has 0 saturated heterocycles. The minimum atomic E-state index is 0.664. The van der Waals surface area contributed by atoms with E-state index in [-0.39, 0.29) is 0 Å². The summed E-state index contributed by atoms with van der Waals surface area (Å²) >= 11 is 3.69. The van der Waals surface area contributed by atoms with Crippen molar-refractivity contribution in [1.82, 2.24) is 19.5 Å². The van der Waals surface area contributed by atoms with Crippen molar-refractivity contribution in [3.05, 3.63) is 182 Å². The number of aromatic nitrogens is 4. The fourth-order valence-corrected chi connectivity index (χ4v) is 10.8. The Balaban J connectivity index is 0.990. The van der Waals surface area contributed by atoms with E-state index in [0.29, 0.717) is 17.5 Å². The Labute approximate surface area is 335 Å². The van der Waals surface area contributed by atoms with E-state index in [4.69, 9.17) is 15.0 Å². The number of para-hydroxylation sites is 2. The Kier molecular flexibility index (Phi) is 7.24. The summed E-state index contributed by atoms with van der Waals surface area (Å²) in [7, 11) is 0. The average molecular weight is 763 g/mol. The van der Waals surface area contributed by atoms with E-state index in [1.165, 1.54) is 79.0 Å². The third-order valence-electron chi connectivity index (χ3n) is 11.1. The maximum atomic E-state index is 5.01. The van der Waals surface area contributed by atoms with Crippen molar-refractivity contribution >= 4 is 84.8 Å². The first-order valence-electron chi connectivity index (χ1n) is 19.0. The summed E-state index contributed by atoms with van der Waals surface area (Å²) in [6, 6.07) is 64.9. The predicted octanol–water partition coefficient (Wildman–Crippen LogP) is 14.4. The van der Waals surface area contributed by atoms with Crippen LogP contribution in [0.15, 0.2) is 182 Å². The Morgan fingerprint density at radius 2 is 0.825 bits per heavy atom. The van der Waals surface area contributed by atoms with Crippen LogP contribution in [0.4, 0.5) is 0 Å². The summed E-state index contributed by atoms with van der Waals surface area (Å²) in [4.78, 5) is 14.9. The van der Waals surface area contributed by atoms with Gasteiger partial charge in [-0.2, -0.15) is 0 Å². The van der Waals surface area contributed by atoms with Gasteiger partial charge >= 0.3 is 0 Å². The SMILES string of the molecule is c1ccc(-c2nc(-c3ccccc3)nc(-c3ccc4c(c3)sc3cccc(-c5ccc6c(c5)sc5cccc(-n7c8ccccc8c8ccccc87)c56)c34)n2)cc1. The van der Waals surface area contributed by atoms with Crippen molar-refractivity contribution in [3.63, 3.8) is 0 Å². The van der Waals surface area contributed by atoms with E-state index in [2.05, 4.69) is 126 Å². The maximum Gasteiger partial charge on any atom is 0.164 e. The number of hydrogen-bond donors (Lipinski definition) is 0. The Hall–Kier alpha value is -6.99. The third kappa shape index (κ3) is 5.15. The van der Waals surface area contributed by atoms with E-state index in [1.54, 1.807) is 0 Å². The van der Waals surface area contributed by atoms with Crippen LogP contribution in [0.1, 0.15) is 0 Å². The molecule has 0 aliphatic rings. The van der Waals surface area contributed by atoms with Crippen LogP contribution in [0, 0.1) is 0 Å². The molecular formula is C51H30N4S2. The maximum absolute atomic E-state index is 5.01. The fraction of sp³-hybridized carbons (Fsp3) is 0. The van der Waals surface area contributed by atoms with Gasteiger partial charge in [0.2, 0.25) is 0 Å². The molecule has 0 unspecified atom stereocenters. The second kappa shape index (κ2) is 12.8. The van der Waals surface area contributed by atoms with Crippen molar-refractivity contribution in [2.24, 2.45) is 0 Å². The number of thiophene rings is 2. The second-order valence-electron chi connectivity index (χ2n) is 14.4. The van der Waals surface area contributed by atoms with Crippen molar-refractivity contribution in [1.29, 1.82) is 0 Å². The van der Waals surface area contributed by atoms with Crippen LogP contribution in [0.3, 0.4) is 0 Å². The molecule has 0 saturated carbocycles. The summed E-state index contributed by atoms with van der Waals surface area (Å²) in [5.74, 6) is 1.99. The predicted molar refractivity (Wildman–Crippen MR) is 242 cm³/mol. The largest absolute Gasteiger partial charge is 0.309 e. The zero-order chi connectivity index (χ0) is 37.5. The first kappa shape index (κ1) is 32.3. The molecule has 6 heteroatoms. The highest BCUT2D eigenvalue weighted by molar-refractivity contribution is 7.26. The van der Waals surface area contributed by atoms with Gasteiger partial charge in [-0.1, -0.05) is 140 Å². The Morgan fingerprint density at radius 1 is 0.333 bits per heavy atom. The van der Waals surface area contributed by atoms with Gasteiger partial charge in [-0.05, 0) is 53.6 Å². The monoisotopic (exact) mass is 762 g/mol. The first-order chi connectivity index (χ1) is 28.2. The lowest BCUT2D eigenvalue weighted by Gasteiger charge is -2.10. The first-order valence-corrected chi connectivity index (χ1v) is 20.7. The van der Waals surface area contributed by atoms with Gasteiger partial charge in [0.1, 0.15) is 0 Å². The lowest BCUT2D eigenvalue weighted by atomic mass is 9.98. The highest BCUT2D eigenvalue weighted by Crippen LogP contribution is 2.45. The molecular weight excluding hydrogens is 733 g/mol. The average Bonchev–Trinajstić information content (AvgIpc) is 3.96. The summed E-state index contributed by atoms with van der Waals surface area (Å²) < 4.78 is 7.49. The summed E-state index contributed by atoms with van der Waals surface area (Å²) in [6.45, 7) is 0. The topological polar surface area (TPSA) is 43.6 Å². The highest BCUT2D eigenvalue weighted by atomic mass is 32.1. The number of rotatable bonds is 5. The number of nitrogens with zero attached hydrogens (tertiary/aromatic N) is 4. The van der Waals surface area contributed by atoms with Crippen molar-refractivity contribution in [3.8, 4) is 51.0 Å². The smallest absolute Gasteiger partial charge is 0.164 e. The molecule has 0 amide bonds. The molecule has 0 spiro atoms. The molecule has 4 aromatic heterocycles. The molecule has 0 N–H and O–H groups in total. The quantitative estimate of drug-likeness (QED) is 0.175. The van der Waals surface area contributed by atoms with Gasteiger partial charge in [-0.15, -0.1) is 22.7 Å². The van der Waals surface area contributed by atoms with Gasteiger partial charge in [0.25, 0.3) is 0 Å². The van der Waals surface area contributed by atoms with Gasteiger partial charge in [0, 0.05) is 67.8 Å². The van der Waals surface area contributed by atoms with E-state index in [9.17, 15) is 0 Å². The van der Waals surface area contributed by atoms with E-state index < -0.39 is 0 Å². The Bertz CT molecular complexity index is 3410. The molecule has 8 aromatic carbocycles. The number of fused-ring (bicyclic) bond motifs is 9. The Morgan fingerprint density at radius 3 is 1.46 bits per heavy atom. The van der Waals surface area contributed by atoms with Gasteiger partial charge in [-0.25, -0.2) is 15.0 Å². The minimum Gasteiger partial charge on any atom is -0.309 e. The molecule has 12 aromatic rings. The lowest BCUT2D eigenvalue weighted by molar-refractivity contribution is 1.07. The number of benzene rings is 8. The zero-order valence-corrected chi connectivity index (χ0v) is 32.1. The molecule has 0 aliphatic carbocycles. The second-order valence-corrected chi connectivity index (χ2v) is 16.5. The normalized spacial score (nSPS) is 11.9. The van der Waals surface area contributed by atoms with Crippen LogP contribution in [0.5, 0.6) is 0 Å². The summed E-state index contributed by atoms with van der Waals surface area (Å²) in [5, 5.41) is 7.65.